The van der Waals surface area contributed by atoms with Gasteiger partial charge in [0.2, 0.25) is 5.91 Å². The Labute approximate surface area is 134 Å². The Bertz CT molecular complexity index is 391. The summed E-state index contributed by atoms with van der Waals surface area (Å²) < 4.78 is 5.93. The van der Waals surface area contributed by atoms with Gasteiger partial charge in [0, 0.05) is 43.5 Å². The van der Waals surface area contributed by atoms with Crippen molar-refractivity contribution in [3.05, 3.63) is 0 Å². The molecule has 0 aromatic carbocycles. The summed E-state index contributed by atoms with van der Waals surface area (Å²) in [5.74, 6) is 1.54. The first-order valence-corrected chi connectivity index (χ1v) is 9.20. The maximum Gasteiger partial charge on any atom is 0.220 e. The second-order valence-electron chi connectivity index (χ2n) is 8.06. The first kappa shape index (κ1) is 16.3. The minimum absolute atomic E-state index is 0.221. The van der Waals surface area contributed by atoms with Gasteiger partial charge in [0.05, 0.1) is 6.10 Å². The van der Waals surface area contributed by atoms with Crippen LogP contribution in [0.25, 0.3) is 0 Å². The highest BCUT2D eigenvalue weighted by Gasteiger charge is 2.57. The third-order valence-electron chi connectivity index (χ3n) is 6.09. The molecule has 0 spiro atoms. The normalized spacial score (nSPS) is 34.0. The second kappa shape index (κ2) is 6.88. The zero-order valence-corrected chi connectivity index (χ0v) is 14.2. The molecule has 1 heterocycles. The highest BCUT2D eigenvalue weighted by Crippen LogP contribution is 2.51. The Balaban J connectivity index is 1.33. The van der Waals surface area contributed by atoms with Crippen molar-refractivity contribution in [2.45, 2.75) is 70.9 Å². The first-order chi connectivity index (χ1) is 10.6. The van der Waals surface area contributed by atoms with E-state index in [1.54, 1.807) is 0 Å². The molecule has 4 heteroatoms. The van der Waals surface area contributed by atoms with Crippen LogP contribution in [0.3, 0.4) is 0 Å². The molecule has 0 unspecified atom stereocenters. The summed E-state index contributed by atoms with van der Waals surface area (Å²) in [5, 5.41) is 6.74. The van der Waals surface area contributed by atoms with Crippen LogP contribution in [0.15, 0.2) is 0 Å². The molecule has 1 amide bonds. The molecular weight excluding hydrogens is 276 g/mol. The molecule has 0 aromatic heterocycles. The first-order valence-electron chi connectivity index (χ1n) is 9.20. The molecule has 1 saturated heterocycles. The second-order valence-corrected chi connectivity index (χ2v) is 8.06. The van der Waals surface area contributed by atoms with Crippen molar-refractivity contribution in [2.75, 3.05) is 19.7 Å². The van der Waals surface area contributed by atoms with Crippen LogP contribution < -0.4 is 10.6 Å². The van der Waals surface area contributed by atoms with E-state index in [-0.39, 0.29) is 11.3 Å². The van der Waals surface area contributed by atoms with Crippen molar-refractivity contribution in [3.8, 4) is 0 Å². The summed E-state index contributed by atoms with van der Waals surface area (Å²) in [5.41, 5.74) is 0.221. The average Bonchev–Trinajstić information content (AvgIpc) is 2.99. The SMILES string of the molecule is CC1(C)[C@H](NCCNC(=O)CC2CCCC2)[C@@H]2CCCO[C@H]21. The van der Waals surface area contributed by atoms with Gasteiger partial charge in [-0.25, -0.2) is 0 Å². The molecule has 22 heavy (non-hydrogen) atoms. The van der Waals surface area contributed by atoms with E-state index in [4.69, 9.17) is 4.74 Å². The van der Waals surface area contributed by atoms with Gasteiger partial charge in [0.1, 0.15) is 0 Å². The number of hydrogen-bond acceptors (Lipinski definition) is 3. The van der Waals surface area contributed by atoms with Crippen LogP contribution in [0.2, 0.25) is 0 Å². The number of carbonyl (C=O) groups excluding carboxylic acids is 1. The number of fused-ring (bicyclic) bond motifs is 1. The fourth-order valence-electron chi connectivity index (χ4n) is 4.92. The summed E-state index contributed by atoms with van der Waals surface area (Å²) in [7, 11) is 0. The van der Waals surface area contributed by atoms with E-state index in [2.05, 4.69) is 24.5 Å². The van der Waals surface area contributed by atoms with Crippen LogP contribution in [0.1, 0.15) is 58.8 Å². The minimum Gasteiger partial charge on any atom is -0.377 e. The van der Waals surface area contributed by atoms with Crippen LogP contribution in [-0.2, 0) is 9.53 Å². The van der Waals surface area contributed by atoms with E-state index in [1.807, 2.05) is 0 Å². The summed E-state index contributed by atoms with van der Waals surface area (Å²) in [6.45, 7) is 7.14. The van der Waals surface area contributed by atoms with Gasteiger partial charge < -0.3 is 15.4 Å². The van der Waals surface area contributed by atoms with E-state index in [9.17, 15) is 4.79 Å². The molecule has 0 radical (unpaired) electrons. The summed E-state index contributed by atoms with van der Waals surface area (Å²) in [4.78, 5) is 11.9. The number of carbonyl (C=O) groups is 1. The van der Waals surface area contributed by atoms with Gasteiger partial charge in [-0.15, -0.1) is 0 Å². The topological polar surface area (TPSA) is 50.4 Å². The fraction of sp³-hybridized carbons (Fsp3) is 0.944. The van der Waals surface area contributed by atoms with Gasteiger partial charge in [-0.2, -0.15) is 0 Å². The molecule has 3 aliphatic rings. The Hall–Kier alpha value is -0.610. The number of amides is 1. The third-order valence-corrected chi connectivity index (χ3v) is 6.09. The molecule has 126 valence electrons. The number of rotatable bonds is 6. The summed E-state index contributed by atoms with van der Waals surface area (Å²) in [6.07, 6.45) is 8.72. The van der Waals surface area contributed by atoms with Crippen LogP contribution >= 0.6 is 0 Å². The Morgan fingerprint density at radius 1 is 1.14 bits per heavy atom. The van der Waals surface area contributed by atoms with Gasteiger partial charge >= 0.3 is 0 Å². The van der Waals surface area contributed by atoms with E-state index < -0.39 is 0 Å². The number of nitrogens with one attached hydrogen (secondary N) is 2. The molecule has 3 rings (SSSR count). The average molecular weight is 308 g/mol. The predicted molar refractivity (Wildman–Crippen MR) is 87.6 cm³/mol. The molecule has 2 aliphatic carbocycles. The molecule has 1 aliphatic heterocycles. The van der Waals surface area contributed by atoms with Gasteiger partial charge in [0.25, 0.3) is 0 Å². The van der Waals surface area contributed by atoms with Crippen LogP contribution in [-0.4, -0.2) is 37.7 Å². The van der Waals surface area contributed by atoms with Crippen LogP contribution in [0.5, 0.6) is 0 Å². The quantitative estimate of drug-likeness (QED) is 0.741. The molecule has 2 saturated carbocycles. The largest absolute Gasteiger partial charge is 0.377 e. The van der Waals surface area contributed by atoms with E-state index in [1.165, 1.54) is 38.5 Å². The lowest BCUT2D eigenvalue weighted by Crippen LogP contribution is -2.69. The third kappa shape index (κ3) is 3.33. The van der Waals surface area contributed by atoms with Gasteiger partial charge in [0.15, 0.2) is 0 Å². The predicted octanol–water partition coefficient (Wildman–Crippen LogP) is 2.48. The lowest BCUT2D eigenvalue weighted by Gasteiger charge is -2.60. The smallest absolute Gasteiger partial charge is 0.220 e. The van der Waals surface area contributed by atoms with Crippen molar-refractivity contribution in [1.82, 2.24) is 10.6 Å². The van der Waals surface area contributed by atoms with Crippen molar-refractivity contribution < 1.29 is 9.53 Å². The van der Waals surface area contributed by atoms with Crippen molar-refractivity contribution in [1.29, 1.82) is 0 Å². The van der Waals surface area contributed by atoms with Gasteiger partial charge in [-0.1, -0.05) is 26.7 Å². The van der Waals surface area contributed by atoms with Crippen LogP contribution in [0.4, 0.5) is 0 Å². The maximum atomic E-state index is 11.9. The zero-order valence-electron chi connectivity index (χ0n) is 14.2. The molecular formula is C18H32N2O2. The van der Waals surface area contributed by atoms with Crippen LogP contribution in [0, 0.1) is 17.3 Å². The summed E-state index contributed by atoms with van der Waals surface area (Å²) in [6, 6.07) is 0.532. The fourth-order valence-corrected chi connectivity index (χ4v) is 4.92. The molecule has 2 N–H and O–H groups in total. The van der Waals surface area contributed by atoms with Gasteiger partial charge in [-0.05, 0) is 31.6 Å². The van der Waals surface area contributed by atoms with E-state index in [0.29, 0.717) is 24.0 Å². The lowest BCUT2D eigenvalue weighted by molar-refractivity contribution is -0.192. The zero-order chi connectivity index (χ0) is 15.6. The minimum atomic E-state index is 0.221. The molecule has 0 aromatic rings. The number of hydrogen-bond donors (Lipinski definition) is 2. The Kier molecular flexibility index (Phi) is 5.08. The highest BCUT2D eigenvalue weighted by molar-refractivity contribution is 5.76. The maximum absolute atomic E-state index is 11.9. The summed E-state index contributed by atoms with van der Waals surface area (Å²) >= 11 is 0. The Morgan fingerprint density at radius 3 is 2.68 bits per heavy atom. The van der Waals surface area contributed by atoms with Crippen molar-refractivity contribution >= 4 is 5.91 Å². The monoisotopic (exact) mass is 308 g/mol. The molecule has 0 bridgehead atoms. The highest BCUT2D eigenvalue weighted by atomic mass is 16.5. The molecule has 4 nitrogen and oxygen atoms in total. The Morgan fingerprint density at radius 2 is 1.91 bits per heavy atom. The molecule has 3 atom stereocenters. The van der Waals surface area contributed by atoms with E-state index in [0.717, 1.165) is 26.1 Å². The van der Waals surface area contributed by atoms with Crippen molar-refractivity contribution in [3.63, 3.8) is 0 Å². The molecule has 3 fully saturated rings. The van der Waals surface area contributed by atoms with Gasteiger partial charge in [-0.3, -0.25) is 4.79 Å². The van der Waals surface area contributed by atoms with Crippen molar-refractivity contribution in [2.24, 2.45) is 17.3 Å². The standard InChI is InChI=1S/C18H32N2O2/c1-18(2)16(14-8-5-11-22-17(14)18)20-10-9-19-15(21)12-13-6-3-4-7-13/h13-14,16-17,20H,3-12H2,1-2H3,(H,19,21)/t14-,16+,17+/m0/s1. The van der Waals surface area contributed by atoms with E-state index >= 15 is 0 Å². The lowest BCUT2D eigenvalue weighted by atomic mass is 9.55. The number of ether oxygens (including phenoxy) is 1.